The Kier molecular flexibility index (Phi) is 6.83. The first kappa shape index (κ1) is 20.5. The molecule has 0 fully saturated rings. The summed E-state index contributed by atoms with van der Waals surface area (Å²) in [7, 11) is 1.86. The highest BCUT2D eigenvalue weighted by atomic mass is 35.5. The van der Waals surface area contributed by atoms with Gasteiger partial charge in [-0.3, -0.25) is 4.79 Å². The number of aromatic nitrogens is 3. The summed E-state index contributed by atoms with van der Waals surface area (Å²) in [5, 5.41) is 12.7. The number of carbonyl (C=O) groups is 1. The molecule has 28 heavy (non-hydrogen) atoms. The van der Waals surface area contributed by atoms with Crippen molar-refractivity contribution in [2.24, 2.45) is 7.05 Å². The Morgan fingerprint density at radius 3 is 2.75 bits per heavy atom. The number of benzene rings is 2. The third-order valence-corrected chi connectivity index (χ3v) is 5.37. The topological polar surface area (TPSA) is 69.0 Å². The number of nitrogens with one attached hydrogen (secondary N) is 1. The first-order chi connectivity index (χ1) is 13.5. The predicted molar refractivity (Wildman–Crippen MR) is 113 cm³/mol. The van der Waals surface area contributed by atoms with Crippen LogP contribution in [-0.4, -0.2) is 33.0 Å². The number of anilines is 1. The normalized spacial score (nSPS) is 10.7. The summed E-state index contributed by atoms with van der Waals surface area (Å²) >= 11 is 13.2. The van der Waals surface area contributed by atoms with Crippen molar-refractivity contribution in [1.29, 1.82) is 0 Å². The van der Waals surface area contributed by atoms with Crippen molar-refractivity contribution in [2.75, 3.05) is 17.7 Å². The minimum absolute atomic E-state index is 0.165. The van der Waals surface area contributed by atoms with Crippen molar-refractivity contribution in [1.82, 2.24) is 14.8 Å². The summed E-state index contributed by atoms with van der Waals surface area (Å²) in [5.74, 6) is 1.38. The number of ether oxygens (including phenoxy) is 1. The number of thioether (sulfide) groups is 1. The molecule has 0 saturated heterocycles. The van der Waals surface area contributed by atoms with Gasteiger partial charge in [-0.2, -0.15) is 0 Å². The van der Waals surface area contributed by atoms with Crippen LogP contribution < -0.4 is 10.1 Å². The van der Waals surface area contributed by atoms with Gasteiger partial charge in [-0.05, 0) is 37.3 Å². The second-order valence-corrected chi connectivity index (χ2v) is 7.54. The Balaban J connectivity index is 1.69. The molecule has 1 N–H and O–H groups in total. The zero-order valence-electron chi connectivity index (χ0n) is 15.3. The van der Waals surface area contributed by atoms with Gasteiger partial charge in [0, 0.05) is 12.1 Å². The van der Waals surface area contributed by atoms with Crippen molar-refractivity contribution in [3.8, 4) is 17.1 Å². The number of carbonyl (C=O) groups excluding carboxylic acids is 1. The highest BCUT2D eigenvalue weighted by molar-refractivity contribution is 7.99. The van der Waals surface area contributed by atoms with E-state index < -0.39 is 0 Å². The Morgan fingerprint density at radius 1 is 1.21 bits per heavy atom. The molecule has 9 heteroatoms. The van der Waals surface area contributed by atoms with E-state index in [-0.39, 0.29) is 11.7 Å². The third kappa shape index (κ3) is 4.79. The Hall–Kier alpha value is -2.22. The van der Waals surface area contributed by atoms with Gasteiger partial charge in [0.25, 0.3) is 0 Å². The van der Waals surface area contributed by atoms with Gasteiger partial charge in [0.15, 0.2) is 11.0 Å². The molecule has 0 atom stereocenters. The van der Waals surface area contributed by atoms with Crippen LogP contribution in [0.1, 0.15) is 6.92 Å². The van der Waals surface area contributed by atoms with E-state index in [1.165, 1.54) is 11.8 Å². The first-order valence-electron chi connectivity index (χ1n) is 8.49. The molecule has 0 radical (unpaired) electrons. The van der Waals surface area contributed by atoms with Crippen LogP contribution in [0.15, 0.2) is 47.6 Å². The van der Waals surface area contributed by atoms with Gasteiger partial charge in [-0.1, -0.05) is 47.1 Å². The number of para-hydroxylation sites is 1. The van der Waals surface area contributed by atoms with E-state index in [9.17, 15) is 4.79 Å². The largest absolute Gasteiger partial charge is 0.493 e. The molecule has 6 nitrogen and oxygen atoms in total. The average molecular weight is 437 g/mol. The van der Waals surface area contributed by atoms with E-state index in [4.69, 9.17) is 27.9 Å². The number of nitrogens with zero attached hydrogens (tertiary/aromatic N) is 3. The quantitative estimate of drug-likeness (QED) is 0.532. The summed E-state index contributed by atoms with van der Waals surface area (Å²) in [6, 6.07) is 12.6. The van der Waals surface area contributed by atoms with Gasteiger partial charge >= 0.3 is 0 Å². The molecule has 2 aromatic carbocycles. The van der Waals surface area contributed by atoms with Crippen LogP contribution in [0, 0.1) is 0 Å². The maximum atomic E-state index is 12.2. The summed E-state index contributed by atoms with van der Waals surface area (Å²) in [4.78, 5) is 12.2. The molecule has 0 spiro atoms. The monoisotopic (exact) mass is 436 g/mol. The standard InChI is InChI=1S/C19H18Cl2N4O2S/c1-3-27-16-7-5-4-6-13(16)18-23-24-19(25(18)2)28-11-17(26)22-15-9-8-12(20)10-14(15)21/h4-10H,3,11H2,1-2H3,(H,22,26). The van der Waals surface area contributed by atoms with Crippen LogP contribution in [0.4, 0.5) is 5.69 Å². The number of amides is 1. The second-order valence-electron chi connectivity index (χ2n) is 5.76. The summed E-state index contributed by atoms with van der Waals surface area (Å²) in [6.45, 7) is 2.49. The molecule has 0 aliphatic carbocycles. The molecular formula is C19H18Cl2N4O2S. The molecule has 0 aliphatic rings. The molecule has 146 valence electrons. The van der Waals surface area contributed by atoms with E-state index in [0.29, 0.717) is 33.3 Å². The van der Waals surface area contributed by atoms with Crippen molar-refractivity contribution >= 4 is 46.6 Å². The van der Waals surface area contributed by atoms with Crippen LogP contribution in [0.2, 0.25) is 10.0 Å². The highest BCUT2D eigenvalue weighted by Gasteiger charge is 2.16. The average Bonchev–Trinajstić information content (AvgIpc) is 3.03. The smallest absolute Gasteiger partial charge is 0.234 e. The van der Waals surface area contributed by atoms with E-state index in [1.807, 2.05) is 42.8 Å². The minimum Gasteiger partial charge on any atom is -0.493 e. The fourth-order valence-corrected chi connectivity index (χ4v) is 3.68. The second kappa shape index (κ2) is 9.32. The van der Waals surface area contributed by atoms with Crippen LogP contribution in [0.5, 0.6) is 5.75 Å². The molecule has 3 rings (SSSR count). The van der Waals surface area contributed by atoms with Gasteiger partial charge < -0.3 is 14.6 Å². The SMILES string of the molecule is CCOc1ccccc1-c1nnc(SCC(=O)Nc2ccc(Cl)cc2Cl)n1C. The van der Waals surface area contributed by atoms with Gasteiger partial charge in [0.1, 0.15) is 5.75 Å². The van der Waals surface area contributed by atoms with Crippen LogP contribution in [0.3, 0.4) is 0 Å². The number of halogens is 2. The summed E-state index contributed by atoms with van der Waals surface area (Å²) < 4.78 is 7.50. The maximum Gasteiger partial charge on any atom is 0.234 e. The maximum absolute atomic E-state index is 12.2. The number of rotatable bonds is 7. The lowest BCUT2D eigenvalue weighted by molar-refractivity contribution is -0.113. The zero-order chi connectivity index (χ0) is 20.1. The van der Waals surface area contributed by atoms with Crippen LogP contribution in [0.25, 0.3) is 11.4 Å². The van der Waals surface area contributed by atoms with Gasteiger partial charge in [-0.15, -0.1) is 10.2 Å². The summed E-state index contributed by atoms with van der Waals surface area (Å²) in [6.07, 6.45) is 0. The first-order valence-corrected chi connectivity index (χ1v) is 10.2. The van der Waals surface area contributed by atoms with E-state index in [2.05, 4.69) is 15.5 Å². The van der Waals surface area contributed by atoms with Crippen molar-refractivity contribution < 1.29 is 9.53 Å². The van der Waals surface area contributed by atoms with Crippen molar-refractivity contribution in [3.05, 3.63) is 52.5 Å². The van der Waals surface area contributed by atoms with Crippen LogP contribution >= 0.6 is 35.0 Å². The molecule has 1 amide bonds. The highest BCUT2D eigenvalue weighted by Crippen LogP contribution is 2.30. The lowest BCUT2D eigenvalue weighted by Crippen LogP contribution is -2.14. The molecule has 0 unspecified atom stereocenters. The van der Waals surface area contributed by atoms with Gasteiger partial charge in [-0.25, -0.2) is 0 Å². The molecule has 0 aliphatic heterocycles. The Bertz CT molecular complexity index is 994. The van der Waals surface area contributed by atoms with E-state index in [1.54, 1.807) is 18.2 Å². The lowest BCUT2D eigenvalue weighted by Gasteiger charge is -2.10. The number of hydrogen-bond acceptors (Lipinski definition) is 5. The zero-order valence-corrected chi connectivity index (χ0v) is 17.6. The molecular weight excluding hydrogens is 419 g/mol. The Labute approximate surface area is 177 Å². The minimum atomic E-state index is -0.200. The van der Waals surface area contributed by atoms with Gasteiger partial charge in [0.05, 0.1) is 28.6 Å². The number of hydrogen-bond donors (Lipinski definition) is 1. The molecule has 3 aromatic rings. The lowest BCUT2D eigenvalue weighted by atomic mass is 10.2. The fraction of sp³-hybridized carbons (Fsp3) is 0.211. The van der Waals surface area contributed by atoms with E-state index >= 15 is 0 Å². The van der Waals surface area contributed by atoms with Crippen molar-refractivity contribution in [3.63, 3.8) is 0 Å². The third-order valence-electron chi connectivity index (χ3n) is 3.80. The molecule has 1 aromatic heterocycles. The van der Waals surface area contributed by atoms with Crippen molar-refractivity contribution in [2.45, 2.75) is 12.1 Å². The fourth-order valence-electron chi connectivity index (χ4n) is 2.52. The summed E-state index contributed by atoms with van der Waals surface area (Å²) in [5.41, 5.74) is 1.37. The van der Waals surface area contributed by atoms with E-state index in [0.717, 1.165) is 11.3 Å². The molecule has 0 saturated carbocycles. The molecule has 1 heterocycles. The van der Waals surface area contributed by atoms with Gasteiger partial charge in [0.2, 0.25) is 5.91 Å². The predicted octanol–water partition coefficient (Wildman–Crippen LogP) is 4.92. The molecule has 0 bridgehead atoms. The van der Waals surface area contributed by atoms with Crippen LogP contribution in [-0.2, 0) is 11.8 Å². The Morgan fingerprint density at radius 2 is 2.00 bits per heavy atom.